The minimum Gasteiger partial charge on any atom is -0.508 e. The Labute approximate surface area is 128 Å². The largest absolute Gasteiger partial charge is 0.508 e. The van der Waals surface area contributed by atoms with Gasteiger partial charge in [-0.2, -0.15) is 0 Å². The maximum absolute atomic E-state index is 10.4. The van der Waals surface area contributed by atoms with Crippen molar-refractivity contribution in [2.45, 2.75) is 58.0 Å². The van der Waals surface area contributed by atoms with Crippen molar-refractivity contribution in [2.75, 3.05) is 19.6 Å². The van der Waals surface area contributed by atoms with Crippen molar-refractivity contribution in [3.8, 4) is 5.75 Å². The summed E-state index contributed by atoms with van der Waals surface area (Å²) in [6, 6.07) is 4.93. The molecule has 1 aliphatic carbocycles. The van der Waals surface area contributed by atoms with Crippen LogP contribution in [-0.4, -0.2) is 35.7 Å². The Hall–Kier alpha value is -1.06. The van der Waals surface area contributed by atoms with E-state index in [1.54, 1.807) is 0 Å². The first-order valence-corrected chi connectivity index (χ1v) is 8.41. The number of hydrogen-bond acceptors (Lipinski definition) is 3. The van der Waals surface area contributed by atoms with Crippen molar-refractivity contribution in [3.63, 3.8) is 0 Å². The molecule has 1 aliphatic heterocycles. The number of phenols is 1. The number of benzene rings is 1. The number of aromatic hydroxyl groups is 1. The third-order valence-corrected chi connectivity index (χ3v) is 5.35. The highest BCUT2D eigenvalue weighted by Gasteiger charge is 2.36. The summed E-state index contributed by atoms with van der Waals surface area (Å²) in [6.45, 7) is 10.0. The van der Waals surface area contributed by atoms with Gasteiger partial charge in [0.25, 0.3) is 0 Å². The van der Waals surface area contributed by atoms with Gasteiger partial charge in [0.2, 0.25) is 0 Å². The molecule has 0 saturated carbocycles. The fraction of sp³-hybridized carbons (Fsp3) is 0.667. The molecule has 3 nitrogen and oxygen atoms in total. The maximum Gasteiger partial charge on any atom is 0.120 e. The van der Waals surface area contributed by atoms with E-state index >= 15 is 0 Å². The zero-order valence-corrected chi connectivity index (χ0v) is 13.5. The monoisotopic (exact) mass is 288 g/mol. The Morgan fingerprint density at radius 1 is 1.33 bits per heavy atom. The quantitative estimate of drug-likeness (QED) is 0.892. The van der Waals surface area contributed by atoms with Crippen LogP contribution in [0.15, 0.2) is 12.1 Å². The molecule has 3 unspecified atom stereocenters. The van der Waals surface area contributed by atoms with E-state index in [9.17, 15) is 5.11 Å². The number of aryl methyl sites for hydroxylation is 1. The SMILES string of the molecule is CCN(CC1CCCN1)C1CC(C)c2c(C)ccc(O)c21. The van der Waals surface area contributed by atoms with Crippen LogP contribution < -0.4 is 5.32 Å². The number of phenolic OH excluding ortho intramolecular Hbond substituents is 1. The number of fused-ring (bicyclic) bond motifs is 1. The molecule has 2 aliphatic rings. The average molecular weight is 288 g/mol. The smallest absolute Gasteiger partial charge is 0.120 e. The first-order valence-electron chi connectivity index (χ1n) is 8.41. The molecule has 3 rings (SSSR count). The highest BCUT2D eigenvalue weighted by Crippen LogP contribution is 2.48. The molecule has 1 aromatic rings. The molecule has 1 fully saturated rings. The van der Waals surface area contributed by atoms with Crippen LogP contribution >= 0.6 is 0 Å². The number of hydrogen-bond donors (Lipinski definition) is 2. The maximum atomic E-state index is 10.4. The summed E-state index contributed by atoms with van der Waals surface area (Å²) in [4.78, 5) is 2.56. The predicted molar refractivity (Wildman–Crippen MR) is 86.9 cm³/mol. The van der Waals surface area contributed by atoms with Gasteiger partial charge in [0.05, 0.1) is 0 Å². The van der Waals surface area contributed by atoms with Crippen LogP contribution in [0, 0.1) is 6.92 Å². The molecule has 0 amide bonds. The third kappa shape index (κ3) is 2.69. The lowest BCUT2D eigenvalue weighted by atomic mass is 9.97. The van der Waals surface area contributed by atoms with Crippen molar-refractivity contribution < 1.29 is 5.11 Å². The second kappa shape index (κ2) is 5.98. The summed E-state index contributed by atoms with van der Waals surface area (Å²) in [6.07, 6.45) is 3.71. The fourth-order valence-corrected chi connectivity index (χ4v) is 4.31. The molecule has 3 atom stereocenters. The highest BCUT2D eigenvalue weighted by molar-refractivity contribution is 5.51. The van der Waals surface area contributed by atoms with Crippen LogP contribution in [0.4, 0.5) is 0 Å². The van der Waals surface area contributed by atoms with Crippen molar-refractivity contribution in [3.05, 3.63) is 28.8 Å². The summed E-state index contributed by atoms with van der Waals surface area (Å²) in [5.74, 6) is 1.03. The molecule has 2 N–H and O–H groups in total. The van der Waals surface area contributed by atoms with E-state index in [0.29, 0.717) is 23.8 Å². The second-order valence-electron chi connectivity index (χ2n) is 6.76. The third-order valence-electron chi connectivity index (χ3n) is 5.35. The molecule has 1 heterocycles. The molecular formula is C18H28N2O. The molecule has 0 bridgehead atoms. The Kier molecular flexibility index (Phi) is 4.23. The minimum absolute atomic E-state index is 0.377. The van der Waals surface area contributed by atoms with Gasteiger partial charge in [-0.3, -0.25) is 4.90 Å². The standard InChI is InChI=1S/C18H28N2O/c1-4-20(11-14-6-5-9-19-14)15-10-13(3)17-12(2)7-8-16(21)18(15)17/h7-8,13-15,19,21H,4-6,9-11H2,1-3H3. The van der Waals surface area contributed by atoms with E-state index in [1.165, 1.54) is 29.5 Å². The molecule has 0 spiro atoms. The van der Waals surface area contributed by atoms with Gasteiger partial charge in [0.1, 0.15) is 5.75 Å². The number of nitrogens with one attached hydrogen (secondary N) is 1. The Balaban J connectivity index is 1.88. The predicted octanol–water partition coefficient (Wildman–Crippen LogP) is 3.32. The Morgan fingerprint density at radius 3 is 2.81 bits per heavy atom. The number of rotatable bonds is 4. The molecule has 116 valence electrons. The first-order chi connectivity index (χ1) is 10.1. The van der Waals surface area contributed by atoms with Gasteiger partial charge in [-0.1, -0.05) is 19.9 Å². The zero-order valence-electron chi connectivity index (χ0n) is 13.5. The molecule has 3 heteroatoms. The van der Waals surface area contributed by atoms with Gasteiger partial charge in [-0.05, 0) is 62.4 Å². The van der Waals surface area contributed by atoms with Crippen LogP contribution in [0.25, 0.3) is 0 Å². The van der Waals surface area contributed by atoms with Gasteiger partial charge in [-0.15, -0.1) is 0 Å². The van der Waals surface area contributed by atoms with Crippen molar-refractivity contribution in [1.82, 2.24) is 10.2 Å². The van der Waals surface area contributed by atoms with Gasteiger partial charge in [0.15, 0.2) is 0 Å². The summed E-state index contributed by atoms with van der Waals surface area (Å²) in [7, 11) is 0. The van der Waals surface area contributed by atoms with Crippen LogP contribution in [0.1, 0.15) is 61.8 Å². The molecule has 0 radical (unpaired) electrons. The van der Waals surface area contributed by atoms with Gasteiger partial charge in [-0.25, -0.2) is 0 Å². The fourth-order valence-electron chi connectivity index (χ4n) is 4.31. The minimum atomic E-state index is 0.377. The van der Waals surface area contributed by atoms with Crippen LogP contribution in [0.5, 0.6) is 5.75 Å². The van der Waals surface area contributed by atoms with Gasteiger partial charge < -0.3 is 10.4 Å². The normalized spacial score (nSPS) is 28.3. The van der Waals surface area contributed by atoms with Gasteiger partial charge in [0, 0.05) is 24.2 Å². The molecule has 1 aromatic carbocycles. The Morgan fingerprint density at radius 2 is 2.14 bits per heavy atom. The summed E-state index contributed by atoms with van der Waals surface area (Å²) < 4.78 is 0. The summed E-state index contributed by atoms with van der Waals surface area (Å²) >= 11 is 0. The molecular weight excluding hydrogens is 260 g/mol. The number of nitrogens with zero attached hydrogens (tertiary/aromatic N) is 1. The van der Waals surface area contributed by atoms with E-state index in [2.05, 4.69) is 37.1 Å². The highest BCUT2D eigenvalue weighted by atomic mass is 16.3. The van der Waals surface area contributed by atoms with Crippen LogP contribution in [0.3, 0.4) is 0 Å². The molecule has 0 aromatic heterocycles. The number of likely N-dealkylation sites (N-methyl/N-ethyl adjacent to an activating group) is 1. The lowest BCUT2D eigenvalue weighted by Crippen LogP contribution is -2.39. The molecule has 21 heavy (non-hydrogen) atoms. The topological polar surface area (TPSA) is 35.5 Å². The van der Waals surface area contributed by atoms with Crippen molar-refractivity contribution >= 4 is 0 Å². The van der Waals surface area contributed by atoms with E-state index < -0.39 is 0 Å². The van der Waals surface area contributed by atoms with E-state index in [4.69, 9.17) is 0 Å². The Bertz CT molecular complexity index is 508. The summed E-state index contributed by atoms with van der Waals surface area (Å²) in [5, 5.41) is 14.0. The van der Waals surface area contributed by atoms with Crippen molar-refractivity contribution in [1.29, 1.82) is 0 Å². The average Bonchev–Trinajstić information content (AvgIpc) is 3.08. The van der Waals surface area contributed by atoms with Gasteiger partial charge >= 0.3 is 0 Å². The lowest BCUT2D eigenvalue weighted by molar-refractivity contribution is 0.183. The van der Waals surface area contributed by atoms with Crippen LogP contribution in [0.2, 0.25) is 0 Å². The zero-order chi connectivity index (χ0) is 15.0. The van der Waals surface area contributed by atoms with Crippen LogP contribution in [-0.2, 0) is 0 Å². The second-order valence-corrected chi connectivity index (χ2v) is 6.76. The summed E-state index contributed by atoms with van der Waals surface area (Å²) in [5.41, 5.74) is 3.91. The first kappa shape index (κ1) is 14.9. The van der Waals surface area contributed by atoms with E-state index in [-0.39, 0.29) is 0 Å². The van der Waals surface area contributed by atoms with E-state index in [1.807, 2.05) is 6.07 Å². The lowest BCUT2D eigenvalue weighted by Gasteiger charge is -2.31. The van der Waals surface area contributed by atoms with Crippen molar-refractivity contribution in [2.24, 2.45) is 0 Å². The molecule has 1 saturated heterocycles. The van der Waals surface area contributed by atoms with E-state index in [0.717, 1.165) is 26.1 Å².